The summed E-state index contributed by atoms with van der Waals surface area (Å²) in [6.45, 7) is 12.9. The van der Waals surface area contributed by atoms with Crippen molar-refractivity contribution in [3.63, 3.8) is 0 Å². The Balaban J connectivity index is 1.85. The first-order valence-electron chi connectivity index (χ1n) is 11.3. The maximum absolute atomic E-state index is 12.4. The Morgan fingerprint density at radius 3 is 2.68 bits per heavy atom. The summed E-state index contributed by atoms with van der Waals surface area (Å²) < 4.78 is 16.1. The predicted molar refractivity (Wildman–Crippen MR) is 122 cm³/mol. The highest BCUT2D eigenvalue weighted by molar-refractivity contribution is 5.80. The SMILES string of the molecule is CCN(CC1CCN(C(=NCCOC)NCCc2ccco2)CC1)C(=O)OC(C)(C)C. The fraction of sp³-hybridized carbons (Fsp3) is 0.739. The van der Waals surface area contributed by atoms with Gasteiger partial charge in [-0.2, -0.15) is 0 Å². The lowest BCUT2D eigenvalue weighted by molar-refractivity contribution is 0.0214. The fourth-order valence-corrected chi connectivity index (χ4v) is 3.56. The summed E-state index contributed by atoms with van der Waals surface area (Å²) in [6, 6.07) is 3.89. The maximum Gasteiger partial charge on any atom is 0.410 e. The smallest absolute Gasteiger partial charge is 0.410 e. The first-order valence-corrected chi connectivity index (χ1v) is 11.3. The molecule has 8 heteroatoms. The summed E-state index contributed by atoms with van der Waals surface area (Å²) >= 11 is 0. The fourth-order valence-electron chi connectivity index (χ4n) is 3.56. The molecule has 8 nitrogen and oxygen atoms in total. The summed E-state index contributed by atoms with van der Waals surface area (Å²) in [7, 11) is 1.69. The van der Waals surface area contributed by atoms with Gasteiger partial charge < -0.3 is 29.0 Å². The highest BCUT2D eigenvalue weighted by Crippen LogP contribution is 2.20. The summed E-state index contributed by atoms with van der Waals surface area (Å²) in [5.74, 6) is 2.35. The Morgan fingerprint density at radius 2 is 2.10 bits per heavy atom. The molecular weight excluding hydrogens is 396 g/mol. The quantitative estimate of drug-likeness (QED) is 0.363. The van der Waals surface area contributed by atoms with Gasteiger partial charge in [-0.25, -0.2) is 4.79 Å². The van der Waals surface area contributed by atoms with E-state index in [0.29, 0.717) is 25.6 Å². The van der Waals surface area contributed by atoms with Crippen molar-refractivity contribution in [2.75, 3.05) is 53.0 Å². The summed E-state index contributed by atoms with van der Waals surface area (Å²) in [6.07, 6.45) is 4.32. The van der Waals surface area contributed by atoms with Gasteiger partial charge in [-0.05, 0) is 58.6 Å². The van der Waals surface area contributed by atoms with E-state index in [9.17, 15) is 4.79 Å². The second-order valence-corrected chi connectivity index (χ2v) is 8.90. The number of carbonyl (C=O) groups excluding carboxylic acids is 1. The van der Waals surface area contributed by atoms with Crippen LogP contribution in [0.5, 0.6) is 0 Å². The van der Waals surface area contributed by atoms with Crippen LogP contribution in [0.1, 0.15) is 46.3 Å². The zero-order valence-electron chi connectivity index (χ0n) is 19.9. The summed E-state index contributed by atoms with van der Waals surface area (Å²) in [5.41, 5.74) is -0.469. The number of likely N-dealkylation sites (tertiary alicyclic amines) is 1. The second-order valence-electron chi connectivity index (χ2n) is 8.90. The van der Waals surface area contributed by atoms with Crippen LogP contribution in [-0.4, -0.2) is 80.4 Å². The topological polar surface area (TPSA) is 79.5 Å². The van der Waals surface area contributed by atoms with Gasteiger partial charge in [-0.1, -0.05) is 0 Å². The normalized spacial score (nSPS) is 15.8. The third kappa shape index (κ3) is 9.21. The van der Waals surface area contributed by atoms with Crippen LogP contribution in [0.4, 0.5) is 4.79 Å². The molecular formula is C23H40N4O4. The molecule has 2 heterocycles. The molecule has 1 aromatic heterocycles. The Kier molecular flexibility index (Phi) is 10.2. The van der Waals surface area contributed by atoms with Crippen molar-refractivity contribution in [2.24, 2.45) is 10.9 Å². The van der Waals surface area contributed by atoms with Gasteiger partial charge in [-0.15, -0.1) is 0 Å². The number of ether oxygens (including phenoxy) is 2. The van der Waals surface area contributed by atoms with E-state index in [-0.39, 0.29) is 6.09 Å². The van der Waals surface area contributed by atoms with Crippen LogP contribution in [0.25, 0.3) is 0 Å². The molecule has 0 atom stereocenters. The van der Waals surface area contributed by atoms with Crippen molar-refractivity contribution in [1.29, 1.82) is 0 Å². The average Bonchev–Trinajstić information content (AvgIpc) is 3.23. The van der Waals surface area contributed by atoms with E-state index in [1.54, 1.807) is 13.4 Å². The number of nitrogens with one attached hydrogen (secondary N) is 1. The van der Waals surface area contributed by atoms with Crippen molar-refractivity contribution in [2.45, 2.75) is 52.6 Å². The summed E-state index contributed by atoms with van der Waals surface area (Å²) in [5, 5.41) is 3.47. The highest BCUT2D eigenvalue weighted by Gasteiger charge is 2.27. The number of piperidine rings is 1. The van der Waals surface area contributed by atoms with Crippen LogP contribution < -0.4 is 5.32 Å². The Hall–Kier alpha value is -2.22. The Bertz CT molecular complexity index is 662. The van der Waals surface area contributed by atoms with Crippen molar-refractivity contribution in [3.05, 3.63) is 24.2 Å². The molecule has 0 radical (unpaired) electrons. The first-order chi connectivity index (χ1) is 14.8. The summed E-state index contributed by atoms with van der Waals surface area (Å²) in [4.78, 5) is 21.3. The molecule has 1 aliphatic heterocycles. The molecule has 31 heavy (non-hydrogen) atoms. The second kappa shape index (κ2) is 12.6. The zero-order chi connectivity index (χ0) is 22.7. The van der Waals surface area contributed by atoms with E-state index in [4.69, 9.17) is 18.9 Å². The molecule has 0 unspecified atom stereocenters. The molecule has 0 aromatic carbocycles. The lowest BCUT2D eigenvalue weighted by atomic mass is 9.96. The highest BCUT2D eigenvalue weighted by atomic mass is 16.6. The van der Waals surface area contributed by atoms with E-state index < -0.39 is 5.60 Å². The molecule has 0 saturated carbocycles. The number of hydrogen-bond acceptors (Lipinski definition) is 5. The molecule has 0 aliphatic carbocycles. The number of rotatable bonds is 9. The van der Waals surface area contributed by atoms with Gasteiger partial charge >= 0.3 is 6.09 Å². The van der Waals surface area contributed by atoms with Crippen LogP contribution in [0.2, 0.25) is 0 Å². The molecule has 1 aromatic rings. The number of furan rings is 1. The molecule has 1 amide bonds. The van der Waals surface area contributed by atoms with E-state index in [1.165, 1.54) is 0 Å². The average molecular weight is 437 g/mol. The minimum atomic E-state index is -0.469. The van der Waals surface area contributed by atoms with Gasteiger partial charge in [0.15, 0.2) is 5.96 Å². The lowest BCUT2D eigenvalue weighted by Crippen LogP contribution is -2.48. The third-order valence-corrected chi connectivity index (χ3v) is 5.22. The number of carbonyl (C=O) groups is 1. The van der Waals surface area contributed by atoms with Crippen molar-refractivity contribution in [1.82, 2.24) is 15.1 Å². The molecule has 1 saturated heterocycles. The van der Waals surface area contributed by atoms with Crippen LogP contribution in [-0.2, 0) is 15.9 Å². The Morgan fingerprint density at radius 1 is 1.35 bits per heavy atom. The monoisotopic (exact) mass is 436 g/mol. The molecule has 176 valence electrons. The van der Waals surface area contributed by atoms with E-state index in [2.05, 4.69) is 10.2 Å². The van der Waals surface area contributed by atoms with Crippen molar-refractivity contribution in [3.8, 4) is 0 Å². The van der Waals surface area contributed by atoms with Crippen LogP contribution in [0.15, 0.2) is 27.8 Å². The lowest BCUT2D eigenvalue weighted by Gasteiger charge is -2.36. The van der Waals surface area contributed by atoms with Crippen molar-refractivity contribution < 1.29 is 18.7 Å². The van der Waals surface area contributed by atoms with Gasteiger partial charge in [0.1, 0.15) is 11.4 Å². The van der Waals surface area contributed by atoms with E-state index in [0.717, 1.165) is 57.2 Å². The van der Waals surface area contributed by atoms with E-state index >= 15 is 0 Å². The minimum absolute atomic E-state index is 0.223. The number of aliphatic imine (C=N–C) groups is 1. The van der Waals surface area contributed by atoms with Crippen LogP contribution >= 0.6 is 0 Å². The van der Waals surface area contributed by atoms with Crippen LogP contribution in [0.3, 0.4) is 0 Å². The Labute approximate surface area is 187 Å². The molecule has 0 spiro atoms. The molecule has 1 fully saturated rings. The largest absolute Gasteiger partial charge is 0.469 e. The third-order valence-electron chi connectivity index (χ3n) is 5.22. The number of hydrogen-bond donors (Lipinski definition) is 1. The zero-order valence-corrected chi connectivity index (χ0v) is 19.9. The molecule has 2 rings (SSSR count). The maximum atomic E-state index is 12.4. The molecule has 1 aliphatic rings. The molecule has 1 N–H and O–H groups in total. The van der Waals surface area contributed by atoms with Gasteiger partial charge in [0, 0.05) is 46.3 Å². The number of amides is 1. The standard InChI is InChI=1S/C23H40N4O4/c1-6-26(22(28)31-23(2,3)4)18-19-10-14-27(15-11-19)21(25-13-17-29-5)24-12-9-20-8-7-16-30-20/h7-8,16,19H,6,9-15,17-18H2,1-5H3,(H,24,25). The van der Waals surface area contributed by atoms with Gasteiger partial charge in [0.2, 0.25) is 0 Å². The number of nitrogens with zero attached hydrogens (tertiary/aromatic N) is 3. The minimum Gasteiger partial charge on any atom is -0.469 e. The van der Waals surface area contributed by atoms with Gasteiger partial charge in [-0.3, -0.25) is 4.99 Å². The van der Waals surface area contributed by atoms with Crippen molar-refractivity contribution >= 4 is 12.1 Å². The van der Waals surface area contributed by atoms with E-state index in [1.807, 2.05) is 44.7 Å². The number of guanidine groups is 1. The predicted octanol–water partition coefficient (Wildman–Crippen LogP) is 3.38. The number of methoxy groups -OCH3 is 1. The van der Waals surface area contributed by atoms with Gasteiger partial charge in [0.05, 0.1) is 19.4 Å². The van der Waals surface area contributed by atoms with Crippen LogP contribution in [0, 0.1) is 5.92 Å². The first kappa shape index (κ1) is 25.0. The molecule has 0 bridgehead atoms. The van der Waals surface area contributed by atoms with Gasteiger partial charge in [0.25, 0.3) is 0 Å².